The summed E-state index contributed by atoms with van der Waals surface area (Å²) in [6.45, 7) is 3.59. The Morgan fingerprint density at radius 2 is 1.85 bits per heavy atom. The van der Waals surface area contributed by atoms with E-state index in [1.807, 2.05) is 47.8 Å². The zero-order chi connectivity index (χ0) is 19.4. The average Bonchev–Trinajstić information content (AvgIpc) is 3.16. The van der Waals surface area contributed by atoms with Crippen molar-refractivity contribution in [1.82, 2.24) is 0 Å². The molecule has 0 fully saturated rings. The van der Waals surface area contributed by atoms with Crippen molar-refractivity contribution < 1.29 is 9.36 Å². The lowest BCUT2D eigenvalue weighted by molar-refractivity contribution is 0.102. The quantitative estimate of drug-likeness (QED) is 0.430. The van der Waals surface area contributed by atoms with E-state index in [9.17, 15) is 9.36 Å². The predicted octanol–water partition coefficient (Wildman–Crippen LogP) is 5.41. The zero-order valence-electron chi connectivity index (χ0n) is 15.4. The number of rotatable bonds is 6. The highest BCUT2D eigenvalue weighted by atomic mass is 32.1. The van der Waals surface area contributed by atoms with Gasteiger partial charge in [0.15, 0.2) is 0 Å². The predicted molar refractivity (Wildman–Crippen MR) is 117 cm³/mol. The number of thiophene rings is 1. The molecule has 1 aromatic heterocycles. The Morgan fingerprint density at radius 3 is 2.48 bits per heavy atom. The monoisotopic (exact) mass is 398 g/mol. The first-order chi connectivity index (χ1) is 12.8. The molecule has 27 heavy (non-hydrogen) atoms. The van der Waals surface area contributed by atoms with Crippen LogP contribution in [0.1, 0.15) is 15.9 Å². The van der Waals surface area contributed by atoms with Gasteiger partial charge in [-0.15, -0.1) is 11.3 Å². The van der Waals surface area contributed by atoms with Gasteiger partial charge in [-0.1, -0.05) is 24.3 Å². The molecule has 2 aromatic carbocycles. The molecular weight excluding hydrogens is 375 g/mol. The fourth-order valence-corrected chi connectivity index (χ4v) is 4.20. The first kappa shape index (κ1) is 19.4. The number of hydrogen-bond acceptors (Lipinski definition) is 4. The van der Waals surface area contributed by atoms with Crippen LogP contribution in [0.15, 0.2) is 60.0 Å². The highest BCUT2D eigenvalue weighted by molar-refractivity contribution is 7.62. The van der Waals surface area contributed by atoms with E-state index < -0.39 is 7.14 Å². The van der Waals surface area contributed by atoms with Crippen molar-refractivity contribution in [2.45, 2.75) is 6.42 Å². The molecule has 4 nitrogen and oxygen atoms in total. The third-order valence-electron chi connectivity index (χ3n) is 4.26. The molecule has 3 N–H and O–H groups in total. The lowest BCUT2D eigenvalue weighted by Crippen LogP contribution is -2.13. The van der Waals surface area contributed by atoms with Gasteiger partial charge in [0.1, 0.15) is 0 Å². The molecule has 3 rings (SSSR count). The van der Waals surface area contributed by atoms with Crippen LogP contribution in [0.25, 0.3) is 10.4 Å². The van der Waals surface area contributed by atoms with E-state index in [0.29, 0.717) is 23.1 Å². The first-order valence-electron chi connectivity index (χ1n) is 8.69. The van der Waals surface area contributed by atoms with Gasteiger partial charge in [0.25, 0.3) is 5.91 Å². The van der Waals surface area contributed by atoms with Crippen LogP contribution in [-0.2, 0) is 11.0 Å². The molecule has 0 unspecified atom stereocenters. The van der Waals surface area contributed by atoms with Crippen molar-refractivity contribution in [1.29, 1.82) is 0 Å². The molecule has 3 aromatic rings. The lowest BCUT2D eigenvalue weighted by Gasteiger charge is -2.11. The molecule has 0 aliphatic heterocycles. The van der Waals surface area contributed by atoms with E-state index >= 15 is 0 Å². The van der Waals surface area contributed by atoms with Crippen LogP contribution in [0.4, 0.5) is 11.4 Å². The van der Waals surface area contributed by atoms with Gasteiger partial charge in [-0.2, -0.15) is 0 Å². The van der Waals surface area contributed by atoms with Crippen LogP contribution in [0.5, 0.6) is 0 Å². The number of benzene rings is 2. The van der Waals surface area contributed by atoms with Gasteiger partial charge in [0.05, 0.1) is 18.5 Å². The van der Waals surface area contributed by atoms with E-state index in [-0.39, 0.29) is 5.91 Å². The summed E-state index contributed by atoms with van der Waals surface area (Å²) in [4.78, 5) is 13.7. The van der Waals surface area contributed by atoms with E-state index in [1.165, 1.54) is 0 Å². The Hall–Kier alpha value is -2.36. The number of carbonyl (C=O) groups excluding carboxylic acids is 1. The topological polar surface area (TPSA) is 72.2 Å². The maximum Gasteiger partial charge on any atom is 0.255 e. The smallest absolute Gasteiger partial charge is 0.255 e. The number of nitrogens with two attached hydrogens (primary N) is 1. The fourth-order valence-electron chi connectivity index (χ4n) is 2.68. The summed E-state index contributed by atoms with van der Waals surface area (Å²) in [5.41, 5.74) is 9.84. The minimum absolute atomic E-state index is 0.201. The van der Waals surface area contributed by atoms with Gasteiger partial charge in [-0.25, -0.2) is 0 Å². The molecule has 6 heteroatoms. The lowest BCUT2D eigenvalue weighted by atomic mass is 10.1. The minimum atomic E-state index is -2.03. The first-order valence-corrected chi connectivity index (χ1v) is 12.4. The van der Waals surface area contributed by atoms with Gasteiger partial charge in [0.2, 0.25) is 0 Å². The van der Waals surface area contributed by atoms with Gasteiger partial charge < -0.3 is 15.6 Å². The highest BCUT2D eigenvalue weighted by Crippen LogP contribution is 2.36. The number of carbonyl (C=O) groups is 1. The molecule has 0 saturated heterocycles. The number of nitrogens with one attached hydrogen (secondary N) is 1. The number of hydrogen-bond donors (Lipinski definition) is 2. The maximum absolute atomic E-state index is 12.6. The van der Waals surface area contributed by atoms with Crippen molar-refractivity contribution in [3.63, 3.8) is 0 Å². The van der Waals surface area contributed by atoms with Crippen molar-refractivity contribution in [3.05, 3.63) is 71.1 Å². The number of aryl methyl sites for hydroxylation is 1. The average molecular weight is 398 g/mol. The second-order valence-corrected chi connectivity index (χ2v) is 11.5. The van der Waals surface area contributed by atoms with Crippen LogP contribution < -0.4 is 11.1 Å². The Balaban J connectivity index is 1.72. The fraction of sp³-hybridized carbons (Fsp3) is 0.190. The van der Waals surface area contributed by atoms with Crippen LogP contribution in [0.2, 0.25) is 0 Å². The van der Waals surface area contributed by atoms with E-state index in [4.69, 9.17) is 5.73 Å². The summed E-state index contributed by atoms with van der Waals surface area (Å²) in [6.07, 6.45) is 1.42. The highest BCUT2D eigenvalue weighted by Gasteiger charge is 2.11. The van der Waals surface area contributed by atoms with Crippen LogP contribution >= 0.6 is 18.5 Å². The maximum atomic E-state index is 12.6. The normalized spacial score (nSPS) is 11.3. The van der Waals surface area contributed by atoms with E-state index in [1.54, 1.807) is 36.8 Å². The second-order valence-electron chi connectivity index (χ2n) is 6.98. The summed E-state index contributed by atoms with van der Waals surface area (Å²) in [6, 6.07) is 17.1. The van der Waals surface area contributed by atoms with Gasteiger partial charge in [-0.3, -0.25) is 4.79 Å². The van der Waals surface area contributed by atoms with E-state index in [2.05, 4.69) is 5.32 Å². The summed E-state index contributed by atoms with van der Waals surface area (Å²) in [5.74, 6) is -0.201. The third kappa shape index (κ3) is 5.31. The number of amides is 1. The number of nitrogen functional groups attached to an aromatic ring is 1. The van der Waals surface area contributed by atoms with Crippen molar-refractivity contribution in [3.8, 4) is 10.4 Å². The Morgan fingerprint density at radius 1 is 1.11 bits per heavy atom. The minimum Gasteiger partial charge on any atom is -0.397 e. The summed E-state index contributed by atoms with van der Waals surface area (Å²) in [7, 11) is -2.03. The molecule has 0 atom stereocenters. The SMILES string of the molecule is CP(C)(=O)CCc1ccc(C(=O)Nc2cc(-c3cccs3)ccc2N)cc1. The summed E-state index contributed by atoms with van der Waals surface area (Å²) < 4.78 is 11.8. The molecule has 1 heterocycles. The molecular formula is C21H23N2O2PS. The van der Waals surface area contributed by atoms with Crippen LogP contribution in [-0.4, -0.2) is 25.4 Å². The molecule has 140 valence electrons. The Kier molecular flexibility index (Phi) is 5.83. The molecule has 0 spiro atoms. The second kappa shape index (κ2) is 8.12. The van der Waals surface area contributed by atoms with Crippen molar-refractivity contribution in [2.24, 2.45) is 0 Å². The zero-order valence-corrected chi connectivity index (χ0v) is 17.1. The molecule has 0 saturated carbocycles. The number of anilines is 2. The Bertz CT molecular complexity index is 976. The van der Waals surface area contributed by atoms with Crippen LogP contribution in [0, 0.1) is 0 Å². The standard InChI is InChI=1S/C21H23N2O2PS/c1-26(2,25)12-11-15-5-7-16(8-6-15)21(24)23-19-14-17(9-10-18(19)22)20-4-3-13-27-20/h3-10,13-14H,11-12,22H2,1-2H3,(H,23,24). The Labute approximate surface area is 163 Å². The largest absolute Gasteiger partial charge is 0.397 e. The van der Waals surface area contributed by atoms with Crippen molar-refractivity contribution >= 4 is 35.8 Å². The summed E-state index contributed by atoms with van der Waals surface area (Å²) in [5, 5.41) is 4.92. The van der Waals surface area contributed by atoms with E-state index in [0.717, 1.165) is 22.4 Å². The molecule has 0 bridgehead atoms. The summed E-state index contributed by atoms with van der Waals surface area (Å²) >= 11 is 1.64. The van der Waals surface area contributed by atoms with Crippen molar-refractivity contribution in [2.75, 3.05) is 30.5 Å². The molecule has 0 radical (unpaired) electrons. The van der Waals surface area contributed by atoms with Gasteiger partial charge >= 0.3 is 0 Å². The van der Waals surface area contributed by atoms with Gasteiger partial charge in [-0.05, 0) is 66.6 Å². The third-order valence-corrected chi connectivity index (χ3v) is 6.48. The molecule has 0 aliphatic carbocycles. The van der Waals surface area contributed by atoms with Gasteiger partial charge in [0, 0.05) is 16.6 Å². The molecule has 1 amide bonds. The molecule has 0 aliphatic rings. The van der Waals surface area contributed by atoms with Crippen LogP contribution in [0.3, 0.4) is 0 Å².